The van der Waals surface area contributed by atoms with Crippen LogP contribution in [0.15, 0.2) is 54.6 Å². The van der Waals surface area contributed by atoms with Crippen molar-refractivity contribution in [1.82, 2.24) is 4.57 Å². The molecule has 0 spiro atoms. The summed E-state index contributed by atoms with van der Waals surface area (Å²) >= 11 is 6.19. The maximum Gasteiger partial charge on any atom is 0.313 e. The van der Waals surface area contributed by atoms with Gasteiger partial charge in [0, 0.05) is 34.1 Å². The van der Waals surface area contributed by atoms with Crippen LogP contribution < -0.4 is 0 Å². The number of halogens is 1. The number of carboxylic acid groups (broad SMARTS) is 1. The predicted molar refractivity (Wildman–Crippen MR) is 128 cm³/mol. The van der Waals surface area contributed by atoms with Crippen LogP contribution in [-0.4, -0.2) is 15.6 Å². The average molecular weight is 436 g/mol. The van der Waals surface area contributed by atoms with E-state index in [9.17, 15) is 9.90 Å². The molecule has 1 aromatic heterocycles. The van der Waals surface area contributed by atoms with Crippen LogP contribution in [0.25, 0.3) is 22.3 Å². The molecule has 0 bridgehead atoms. The molecule has 0 amide bonds. The van der Waals surface area contributed by atoms with Gasteiger partial charge >= 0.3 is 5.97 Å². The summed E-state index contributed by atoms with van der Waals surface area (Å²) in [5.74, 6) is -1.42. The van der Waals surface area contributed by atoms with Crippen molar-refractivity contribution in [3.05, 3.63) is 71.0 Å². The molecule has 4 rings (SSSR count). The zero-order valence-corrected chi connectivity index (χ0v) is 19.6. The number of aliphatic carboxylic acids is 1. The van der Waals surface area contributed by atoms with E-state index in [1.165, 1.54) is 5.69 Å². The molecule has 1 N–H and O–H groups in total. The molecule has 0 aliphatic carbocycles. The molecule has 0 radical (unpaired) electrons. The molecule has 3 nitrogen and oxygen atoms in total. The summed E-state index contributed by atoms with van der Waals surface area (Å²) in [7, 11) is 0. The van der Waals surface area contributed by atoms with Crippen molar-refractivity contribution < 1.29 is 9.90 Å². The Balaban J connectivity index is 2.13. The van der Waals surface area contributed by atoms with Crippen molar-refractivity contribution >= 4 is 17.6 Å². The van der Waals surface area contributed by atoms with Gasteiger partial charge < -0.3 is 9.67 Å². The van der Waals surface area contributed by atoms with E-state index >= 15 is 0 Å². The highest BCUT2D eigenvalue weighted by atomic mass is 35.5. The Bertz CT molecular complexity index is 1120. The Hall–Kier alpha value is -2.52. The third kappa shape index (κ3) is 3.92. The van der Waals surface area contributed by atoms with Crippen molar-refractivity contribution in [3.8, 4) is 22.3 Å². The molecule has 162 valence electrons. The fourth-order valence-corrected chi connectivity index (χ4v) is 5.14. The van der Waals surface area contributed by atoms with Crippen LogP contribution >= 0.6 is 11.6 Å². The third-order valence-corrected chi connectivity index (χ3v) is 6.48. The first kappa shape index (κ1) is 21.7. The van der Waals surface area contributed by atoms with E-state index in [0.717, 1.165) is 40.9 Å². The maximum absolute atomic E-state index is 12.7. The zero-order chi connectivity index (χ0) is 22.6. The minimum Gasteiger partial charge on any atom is -0.481 e. The van der Waals surface area contributed by atoms with Crippen molar-refractivity contribution in [2.24, 2.45) is 10.8 Å². The zero-order valence-electron chi connectivity index (χ0n) is 18.9. The molecule has 1 unspecified atom stereocenters. The summed E-state index contributed by atoms with van der Waals surface area (Å²) < 4.78 is 2.30. The van der Waals surface area contributed by atoms with Gasteiger partial charge in [0.2, 0.25) is 0 Å². The number of carbonyl (C=O) groups is 1. The molecular formula is C27H30ClNO2. The Labute approximate surface area is 189 Å². The average Bonchev–Trinajstić information content (AvgIpc) is 3.13. The quantitative estimate of drug-likeness (QED) is 0.468. The fraction of sp³-hybridized carbons (Fsp3) is 0.370. The van der Waals surface area contributed by atoms with Crippen LogP contribution in [0.2, 0.25) is 5.02 Å². The van der Waals surface area contributed by atoms with E-state index in [4.69, 9.17) is 11.6 Å². The number of fused-ring (bicyclic) bond motifs is 1. The molecule has 4 heteroatoms. The molecule has 1 aliphatic rings. The largest absolute Gasteiger partial charge is 0.481 e. The smallest absolute Gasteiger partial charge is 0.313 e. The van der Waals surface area contributed by atoms with Gasteiger partial charge in [-0.05, 0) is 40.5 Å². The van der Waals surface area contributed by atoms with Crippen molar-refractivity contribution in [3.63, 3.8) is 0 Å². The van der Waals surface area contributed by atoms with E-state index in [1.54, 1.807) is 0 Å². The van der Waals surface area contributed by atoms with Crippen LogP contribution in [0.1, 0.15) is 51.9 Å². The van der Waals surface area contributed by atoms with Gasteiger partial charge in [0.15, 0.2) is 0 Å². The summed E-state index contributed by atoms with van der Waals surface area (Å²) in [5, 5.41) is 11.1. The molecular weight excluding hydrogens is 406 g/mol. The van der Waals surface area contributed by atoms with Crippen LogP contribution in [0.3, 0.4) is 0 Å². The number of carboxylic acids is 1. The lowest BCUT2D eigenvalue weighted by atomic mass is 9.75. The fourth-order valence-electron chi connectivity index (χ4n) is 5.01. The summed E-state index contributed by atoms with van der Waals surface area (Å²) in [6.45, 7) is 11.4. The highest BCUT2D eigenvalue weighted by Crippen LogP contribution is 2.51. The Morgan fingerprint density at radius 1 is 1.00 bits per heavy atom. The van der Waals surface area contributed by atoms with Gasteiger partial charge in [-0.15, -0.1) is 0 Å². The molecule has 0 saturated carbocycles. The molecule has 0 fully saturated rings. The summed E-state index contributed by atoms with van der Waals surface area (Å²) in [5.41, 5.74) is 6.07. The lowest BCUT2D eigenvalue weighted by Gasteiger charge is -2.30. The van der Waals surface area contributed by atoms with Crippen LogP contribution in [0.4, 0.5) is 0 Å². The molecule has 31 heavy (non-hydrogen) atoms. The monoisotopic (exact) mass is 435 g/mol. The second kappa shape index (κ2) is 7.56. The van der Waals surface area contributed by atoms with E-state index in [0.29, 0.717) is 5.02 Å². The lowest BCUT2D eigenvalue weighted by molar-refractivity contribution is -0.141. The minimum atomic E-state index is -0.785. The molecule has 2 aromatic carbocycles. The van der Waals surface area contributed by atoms with E-state index in [2.05, 4.69) is 30.5 Å². The summed E-state index contributed by atoms with van der Waals surface area (Å²) in [4.78, 5) is 12.7. The normalized spacial score (nSPS) is 16.2. The third-order valence-electron chi connectivity index (χ3n) is 6.23. The summed E-state index contributed by atoms with van der Waals surface area (Å²) in [6.07, 6.45) is 0.911. The number of nitrogens with zero attached hydrogens (tertiary/aromatic N) is 1. The predicted octanol–water partition coefficient (Wildman–Crippen LogP) is 7.27. The van der Waals surface area contributed by atoms with Gasteiger partial charge in [-0.2, -0.15) is 0 Å². The van der Waals surface area contributed by atoms with Gasteiger partial charge in [0.25, 0.3) is 0 Å². The van der Waals surface area contributed by atoms with Crippen LogP contribution in [-0.2, 0) is 17.8 Å². The van der Waals surface area contributed by atoms with Crippen LogP contribution in [0, 0.1) is 10.8 Å². The topological polar surface area (TPSA) is 42.2 Å². The second-order valence-corrected chi connectivity index (χ2v) is 11.0. The SMILES string of the molecule is CC1(C)Cc2c(-c3ccccc3)c(-c3ccc(Cl)cc3)c(C(C(=O)O)C(C)(C)C)n2C1. The van der Waals surface area contributed by atoms with Gasteiger partial charge in [-0.25, -0.2) is 0 Å². The first-order valence-corrected chi connectivity index (χ1v) is 11.2. The molecule has 0 saturated heterocycles. The van der Waals surface area contributed by atoms with E-state index in [1.807, 2.05) is 63.2 Å². The standard InChI is InChI=1S/C27H30ClNO2/c1-26(2,3)23(25(30)31)24-22(18-11-13-19(28)14-12-18)21(17-9-7-6-8-10-17)20-15-27(4,5)16-29(20)24/h6-14,23H,15-16H2,1-5H3,(H,30,31). The molecule has 2 heterocycles. The first-order valence-electron chi connectivity index (χ1n) is 10.8. The highest BCUT2D eigenvalue weighted by molar-refractivity contribution is 6.30. The van der Waals surface area contributed by atoms with E-state index < -0.39 is 17.3 Å². The van der Waals surface area contributed by atoms with Gasteiger partial charge in [0.05, 0.1) is 0 Å². The second-order valence-electron chi connectivity index (χ2n) is 10.5. The molecule has 3 aromatic rings. The highest BCUT2D eigenvalue weighted by Gasteiger charge is 2.43. The Morgan fingerprint density at radius 3 is 2.13 bits per heavy atom. The Kier molecular flexibility index (Phi) is 5.29. The maximum atomic E-state index is 12.7. The number of hydrogen-bond acceptors (Lipinski definition) is 1. The molecule has 1 aliphatic heterocycles. The molecule has 1 atom stereocenters. The summed E-state index contributed by atoms with van der Waals surface area (Å²) in [6, 6.07) is 18.1. The van der Waals surface area contributed by atoms with Crippen LogP contribution in [0.5, 0.6) is 0 Å². The number of hydrogen-bond donors (Lipinski definition) is 1. The minimum absolute atomic E-state index is 0.0765. The first-order chi connectivity index (χ1) is 14.5. The van der Waals surface area contributed by atoms with E-state index in [-0.39, 0.29) is 5.41 Å². The number of aromatic nitrogens is 1. The van der Waals surface area contributed by atoms with Crippen molar-refractivity contribution in [2.75, 3.05) is 0 Å². The van der Waals surface area contributed by atoms with Gasteiger partial charge in [-0.3, -0.25) is 4.79 Å². The lowest BCUT2D eigenvalue weighted by Crippen LogP contribution is -2.29. The Morgan fingerprint density at radius 2 is 1.58 bits per heavy atom. The van der Waals surface area contributed by atoms with Gasteiger partial charge in [-0.1, -0.05) is 88.7 Å². The number of benzene rings is 2. The van der Waals surface area contributed by atoms with Crippen molar-refractivity contribution in [2.45, 2.75) is 53.5 Å². The number of rotatable bonds is 4. The van der Waals surface area contributed by atoms with Crippen molar-refractivity contribution in [1.29, 1.82) is 0 Å². The van der Waals surface area contributed by atoms with Gasteiger partial charge in [0.1, 0.15) is 5.92 Å².